The first-order chi connectivity index (χ1) is 10.1. The van der Waals surface area contributed by atoms with Crippen LogP contribution >= 0.6 is 0 Å². The molecule has 0 saturated carbocycles. The highest BCUT2D eigenvalue weighted by Crippen LogP contribution is 2.34. The SMILES string of the molecule is CCCCCS(=O)(=O)n1ncc2c1-c1ccccc1CC2. The molecule has 0 N–H and O–H groups in total. The van der Waals surface area contributed by atoms with Gasteiger partial charge in [0.25, 0.3) is 10.0 Å². The number of fused-ring (bicyclic) bond motifs is 3. The van der Waals surface area contributed by atoms with Gasteiger partial charge in [0.05, 0.1) is 17.6 Å². The minimum atomic E-state index is -3.37. The lowest BCUT2D eigenvalue weighted by atomic mass is 9.91. The second-order valence-corrected chi connectivity index (χ2v) is 7.46. The lowest BCUT2D eigenvalue weighted by molar-refractivity contribution is 0.575. The third-order valence-electron chi connectivity index (χ3n) is 4.02. The average molecular weight is 304 g/mol. The van der Waals surface area contributed by atoms with Crippen LogP contribution < -0.4 is 0 Å². The molecule has 0 unspecified atom stereocenters. The zero-order valence-electron chi connectivity index (χ0n) is 12.2. The van der Waals surface area contributed by atoms with Gasteiger partial charge in [-0.2, -0.15) is 9.19 Å². The van der Waals surface area contributed by atoms with Crippen molar-refractivity contribution in [3.05, 3.63) is 41.6 Å². The van der Waals surface area contributed by atoms with E-state index < -0.39 is 10.0 Å². The van der Waals surface area contributed by atoms with Crippen molar-refractivity contribution in [2.75, 3.05) is 5.75 Å². The molecule has 1 aliphatic rings. The molecule has 3 rings (SSSR count). The minimum Gasteiger partial charge on any atom is -0.205 e. The Hall–Kier alpha value is -1.62. The van der Waals surface area contributed by atoms with Gasteiger partial charge in [-0.15, -0.1) is 0 Å². The Labute approximate surface area is 125 Å². The maximum absolute atomic E-state index is 12.6. The Morgan fingerprint density at radius 3 is 2.71 bits per heavy atom. The summed E-state index contributed by atoms with van der Waals surface area (Å²) >= 11 is 0. The fourth-order valence-electron chi connectivity index (χ4n) is 2.89. The molecule has 0 spiro atoms. The molecule has 1 aromatic heterocycles. The minimum absolute atomic E-state index is 0.164. The summed E-state index contributed by atoms with van der Waals surface area (Å²) in [6.07, 6.45) is 6.15. The zero-order chi connectivity index (χ0) is 14.9. The Kier molecular flexibility index (Phi) is 3.85. The van der Waals surface area contributed by atoms with E-state index in [9.17, 15) is 8.42 Å². The van der Waals surface area contributed by atoms with Gasteiger partial charge in [-0.3, -0.25) is 0 Å². The normalized spacial score (nSPS) is 13.8. The molecule has 0 radical (unpaired) electrons. The van der Waals surface area contributed by atoms with Crippen LogP contribution in [0.4, 0.5) is 0 Å². The van der Waals surface area contributed by atoms with Gasteiger partial charge in [0.1, 0.15) is 0 Å². The summed E-state index contributed by atoms with van der Waals surface area (Å²) < 4.78 is 26.4. The molecule has 1 heterocycles. The van der Waals surface area contributed by atoms with Crippen molar-refractivity contribution in [1.29, 1.82) is 0 Å². The second kappa shape index (κ2) is 5.64. The smallest absolute Gasteiger partial charge is 0.205 e. The summed E-state index contributed by atoms with van der Waals surface area (Å²) in [6, 6.07) is 8.02. The number of benzene rings is 1. The molecule has 0 amide bonds. The summed E-state index contributed by atoms with van der Waals surface area (Å²) in [6.45, 7) is 2.07. The summed E-state index contributed by atoms with van der Waals surface area (Å²) in [5.74, 6) is 0.164. The lowest BCUT2D eigenvalue weighted by Crippen LogP contribution is -2.20. The number of aromatic nitrogens is 2. The molecule has 1 aromatic carbocycles. The van der Waals surface area contributed by atoms with Crippen molar-refractivity contribution in [1.82, 2.24) is 9.19 Å². The van der Waals surface area contributed by atoms with Crippen LogP contribution in [0, 0.1) is 0 Å². The highest BCUT2D eigenvalue weighted by Gasteiger charge is 2.26. The maximum Gasteiger partial charge on any atom is 0.254 e. The molecule has 1 aliphatic carbocycles. The largest absolute Gasteiger partial charge is 0.254 e. The number of nitrogens with zero attached hydrogens (tertiary/aromatic N) is 2. The van der Waals surface area contributed by atoms with Crippen molar-refractivity contribution in [2.24, 2.45) is 0 Å². The molecular weight excluding hydrogens is 284 g/mol. The van der Waals surface area contributed by atoms with E-state index in [2.05, 4.69) is 18.1 Å². The van der Waals surface area contributed by atoms with Crippen LogP contribution in [-0.4, -0.2) is 23.4 Å². The molecule has 2 aromatic rings. The molecule has 0 fully saturated rings. The molecule has 0 saturated heterocycles. The molecule has 5 heteroatoms. The van der Waals surface area contributed by atoms with Crippen LogP contribution in [0.3, 0.4) is 0 Å². The van der Waals surface area contributed by atoms with Crippen molar-refractivity contribution in [3.8, 4) is 11.3 Å². The van der Waals surface area contributed by atoms with Crippen LogP contribution in [0.2, 0.25) is 0 Å². The molecule has 112 valence electrons. The van der Waals surface area contributed by atoms with E-state index >= 15 is 0 Å². The number of aryl methyl sites for hydroxylation is 2. The van der Waals surface area contributed by atoms with Crippen LogP contribution in [0.25, 0.3) is 11.3 Å². The van der Waals surface area contributed by atoms with Gasteiger partial charge in [-0.05, 0) is 30.4 Å². The molecule has 0 bridgehead atoms. The van der Waals surface area contributed by atoms with E-state index in [4.69, 9.17) is 0 Å². The molecule has 0 aliphatic heterocycles. The Balaban J connectivity index is 2.03. The summed E-state index contributed by atoms with van der Waals surface area (Å²) in [5, 5.41) is 4.18. The van der Waals surface area contributed by atoms with E-state index in [0.29, 0.717) is 6.42 Å². The van der Waals surface area contributed by atoms with E-state index in [1.165, 1.54) is 9.65 Å². The van der Waals surface area contributed by atoms with E-state index in [1.54, 1.807) is 6.20 Å². The fourth-order valence-corrected chi connectivity index (χ4v) is 4.32. The zero-order valence-corrected chi connectivity index (χ0v) is 13.1. The predicted octanol–water partition coefficient (Wildman–Crippen LogP) is 3.02. The Morgan fingerprint density at radius 2 is 1.90 bits per heavy atom. The van der Waals surface area contributed by atoms with Gasteiger partial charge >= 0.3 is 0 Å². The third kappa shape index (κ3) is 2.62. The molecule has 4 nitrogen and oxygen atoms in total. The quantitative estimate of drug-likeness (QED) is 0.798. The molecule has 0 atom stereocenters. The number of unbranched alkanes of at least 4 members (excludes halogenated alkanes) is 2. The van der Waals surface area contributed by atoms with Crippen molar-refractivity contribution < 1.29 is 8.42 Å². The van der Waals surface area contributed by atoms with Gasteiger partial charge in [-0.25, -0.2) is 8.42 Å². The van der Waals surface area contributed by atoms with Gasteiger partial charge in [0, 0.05) is 5.56 Å². The van der Waals surface area contributed by atoms with Crippen LogP contribution in [-0.2, 0) is 22.9 Å². The first-order valence-electron chi connectivity index (χ1n) is 7.52. The van der Waals surface area contributed by atoms with E-state index in [1.807, 2.05) is 18.2 Å². The van der Waals surface area contributed by atoms with Crippen molar-refractivity contribution >= 4 is 10.0 Å². The topological polar surface area (TPSA) is 52.0 Å². The predicted molar refractivity (Wildman–Crippen MR) is 83.8 cm³/mol. The fraction of sp³-hybridized carbons (Fsp3) is 0.438. The van der Waals surface area contributed by atoms with Crippen molar-refractivity contribution in [3.63, 3.8) is 0 Å². The summed E-state index contributed by atoms with van der Waals surface area (Å²) in [4.78, 5) is 0. The third-order valence-corrected chi connectivity index (χ3v) is 5.63. The van der Waals surface area contributed by atoms with Crippen molar-refractivity contribution in [2.45, 2.75) is 39.0 Å². The number of rotatable bonds is 5. The van der Waals surface area contributed by atoms with Gasteiger partial charge < -0.3 is 0 Å². The highest BCUT2D eigenvalue weighted by atomic mass is 32.2. The van der Waals surface area contributed by atoms with E-state index in [0.717, 1.165) is 42.5 Å². The maximum atomic E-state index is 12.6. The van der Waals surface area contributed by atoms with Crippen LogP contribution in [0.15, 0.2) is 30.5 Å². The lowest BCUT2D eigenvalue weighted by Gasteiger charge is -2.18. The standard InChI is InChI=1S/C16H20N2O2S/c1-2-3-6-11-21(19,20)18-16-14(12-17-18)10-9-13-7-4-5-8-15(13)16/h4-5,7-8,12H,2-3,6,9-11H2,1H3. The van der Waals surface area contributed by atoms with Gasteiger partial charge in [0.2, 0.25) is 0 Å². The van der Waals surface area contributed by atoms with Gasteiger partial charge in [0.15, 0.2) is 0 Å². The molecule has 21 heavy (non-hydrogen) atoms. The number of hydrogen-bond donors (Lipinski definition) is 0. The monoisotopic (exact) mass is 304 g/mol. The van der Waals surface area contributed by atoms with E-state index in [-0.39, 0.29) is 5.75 Å². The highest BCUT2D eigenvalue weighted by molar-refractivity contribution is 7.89. The average Bonchev–Trinajstić information content (AvgIpc) is 2.92. The summed E-state index contributed by atoms with van der Waals surface area (Å²) in [7, 11) is -3.37. The number of hydrogen-bond acceptors (Lipinski definition) is 3. The first kappa shape index (κ1) is 14.3. The Morgan fingerprint density at radius 1 is 1.14 bits per heavy atom. The van der Waals surface area contributed by atoms with Gasteiger partial charge in [-0.1, -0.05) is 44.0 Å². The Bertz CT molecular complexity index is 747. The van der Waals surface area contributed by atoms with Crippen LogP contribution in [0.5, 0.6) is 0 Å². The second-order valence-electron chi connectivity index (χ2n) is 5.54. The molecular formula is C16H20N2O2S. The summed E-state index contributed by atoms with van der Waals surface area (Å²) in [5.41, 5.74) is 4.02. The van der Waals surface area contributed by atoms with Crippen LogP contribution in [0.1, 0.15) is 37.3 Å². The first-order valence-corrected chi connectivity index (χ1v) is 9.13.